The second-order valence-electron chi connectivity index (χ2n) is 10.4. The number of likely N-dealkylation sites (tertiary alicyclic amines) is 2. The number of piperidine rings is 2. The van der Waals surface area contributed by atoms with Crippen molar-refractivity contribution in [2.75, 3.05) is 59.9 Å². The predicted octanol–water partition coefficient (Wildman–Crippen LogP) is 1.91. The molecular weight excluding hydrogens is 352 g/mol. The molecule has 2 heterocycles. The molecule has 0 spiro atoms. The van der Waals surface area contributed by atoms with Crippen LogP contribution in [0.2, 0.25) is 0 Å². The second-order valence-corrected chi connectivity index (χ2v) is 10.4. The minimum atomic E-state index is 0.0645. The van der Waals surface area contributed by atoms with Gasteiger partial charge < -0.3 is 15.1 Å². The number of hydrogen-bond acceptors (Lipinski definition) is 4. The van der Waals surface area contributed by atoms with Crippen molar-refractivity contribution in [3.8, 4) is 0 Å². The summed E-state index contributed by atoms with van der Waals surface area (Å²) in [6.45, 7) is 14.5. The van der Waals surface area contributed by atoms with Gasteiger partial charge in [0.1, 0.15) is 0 Å². The molecule has 162 valence electrons. The Labute approximate surface area is 172 Å². The minimum absolute atomic E-state index is 0.0645. The molecular formula is C22H42N4O2. The summed E-state index contributed by atoms with van der Waals surface area (Å²) in [4.78, 5) is 31.7. The Morgan fingerprint density at radius 2 is 1.64 bits per heavy atom. The van der Waals surface area contributed by atoms with E-state index in [0.717, 1.165) is 45.6 Å². The molecule has 28 heavy (non-hydrogen) atoms. The third-order valence-corrected chi connectivity index (χ3v) is 6.02. The molecule has 1 N–H and O–H groups in total. The van der Waals surface area contributed by atoms with Crippen LogP contribution >= 0.6 is 0 Å². The molecule has 2 atom stereocenters. The van der Waals surface area contributed by atoms with Crippen LogP contribution in [0.3, 0.4) is 0 Å². The lowest BCUT2D eigenvalue weighted by molar-refractivity contribution is -0.135. The van der Waals surface area contributed by atoms with E-state index in [0.29, 0.717) is 24.9 Å². The maximum Gasteiger partial charge on any atom is 0.236 e. The molecule has 0 aromatic heterocycles. The second kappa shape index (κ2) is 10.1. The van der Waals surface area contributed by atoms with E-state index in [-0.39, 0.29) is 23.1 Å². The highest BCUT2D eigenvalue weighted by molar-refractivity contribution is 5.79. The van der Waals surface area contributed by atoms with Gasteiger partial charge in [-0.25, -0.2) is 0 Å². The molecule has 0 aromatic carbocycles. The number of amides is 2. The molecule has 2 fully saturated rings. The van der Waals surface area contributed by atoms with Crippen LogP contribution in [0.25, 0.3) is 0 Å². The third kappa shape index (κ3) is 7.36. The van der Waals surface area contributed by atoms with Crippen molar-refractivity contribution >= 4 is 11.8 Å². The highest BCUT2D eigenvalue weighted by Crippen LogP contribution is 2.22. The highest BCUT2D eigenvalue weighted by Gasteiger charge is 2.30. The molecule has 6 nitrogen and oxygen atoms in total. The zero-order valence-electron chi connectivity index (χ0n) is 19.0. The molecule has 0 bridgehead atoms. The lowest BCUT2D eigenvalue weighted by Crippen LogP contribution is -2.49. The number of rotatable bonds is 7. The van der Waals surface area contributed by atoms with Crippen LogP contribution in [0.4, 0.5) is 0 Å². The summed E-state index contributed by atoms with van der Waals surface area (Å²) in [5, 5.41) is 3.16. The van der Waals surface area contributed by atoms with E-state index in [2.05, 4.69) is 56.9 Å². The lowest BCUT2D eigenvalue weighted by atomic mass is 9.91. The fourth-order valence-corrected chi connectivity index (χ4v) is 4.89. The Bertz CT molecular complexity index is 517. The van der Waals surface area contributed by atoms with Gasteiger partial charge in [-0.1, -0.05) is 27.7 Å². The fraction of sp³-hybridized carbons (Fsp3) is 0.909. The number of hydrogen-bond donors (Lipinski definition) is 1. The van der Waals surface area contributed by atoms with Gasteiger partial charge in [-0.2, -0.15) is 0 Å². The Morgan fingerprint density at radius 1 is 1.07 bits per heavy atom. The average molecular weight is 395 g/mol. The largest absolute Gasteiger partial charge is 0.355 e. The molecule has 2 saturated heterocycles. The number of nitrogens with one attached hydrogen (secondary N) is 1. The first kappa shape index (κ1) is 23.1. The van der Waals surface area contributed by atoms with Crippen LogP contribution in [0.1, 0.15) is 47.0 Å². The van der Waals surface area contributed by atoms with Crippen LogP contribution < -0.4 is 5.32 Å². The van der Waals surface area contributed by atoms with Crippen LogP contribution in [0, 0.1) is 23.2 Å². The summed E-state index contributed by atoms with van der Waals surface area (Å²) in [5.41, 5.74) is 0.0645. The molecule has 2 aliphatic heterocycles. The van der Waals surface area contributed by atoms with Crippen molar-refractivity contribution in [1.29, 1.82) is 0 Å². The molecule has 2 unspecified atom stereocenters. The van der Waals surface area contributed by atoms with E-state index in [4.69, 9.17) is 0 Å². The smallest absolute Gasteiger partial charge is 0.236 e. The van der Waals surface area contributed by atoms with Crippen molar-refractivity contribution in [3.63, 3.8) is 0 Å². The standard InChI is InChI=1S/C22H42N4O2/c1-17-11-18(2)13-26(12-17)20(27)14-25-9-7-19(8-10-25)21(28)23-15-22(3,4)16-24(5)6/h17-19H,7-16H2,1-6H3,(H,23,28). The SMILES string of the molecule is CC1CC(C)CN(C(=O)CN2CCC(C(=O)NCC(C)(C)CN(C)C)CC2)C1. The van der Waals surface area contributed by atoms with Gasteiger partial charge in [-0.15, -0.1) is 0 Å². The van der Waals surface area contributed by atoms with Gasteiger partial charge in [0.15, 0.2) is 0 Å². The summed E-state index contributed by atoms with van der Waals surface area (Å²) < 4.78 is 0. The average Bonchev–Trinajstić information content (AvgIpc) is 2.58. The first-order valence-corrected chi connectivity index (χ1v) is 11.0. The van der Waals surface area contributed by atoms with Crippen molar-refractivity contribution in [2.45, 2.75) is 47.0 Å². The Balaban J connectivity index is 1.72. The Hall–Kier alpha value is -1.14. The van der Waals surface area contributed by atoms with Crippen LogP contribution in [-0.2, 0) is 9.59 Å². The Morgan fingerprint density at radius 3 is 2.18 bits per heavy atom. The predicted molar refractivity (Wildman–Crippen MR) is 114 cm³/mol. The number of nitrogens with zero attached hydrogens (tertiary/aromatic N) is 3. The topological polar surface area (TPSA) is 55.9 Å². The quantitative estimate of drug-likeness (QED) is 0.717. The monoisotopic (exact) mass is 394 g/mol. The number of carbonyl (C=O) groups excluding carboxylic acids is 2. The van der Waals surface area contributed by atoms with Crippen molar-refractivity contribution in [1.82, 2.24) is 20.0 Å². The third-order valence-electron chi connectivity index (χ3n) is 6.02. The van der Waals surface area contributed by atoms with Gasteiger partial charge in [0.2, 0.25) is 11.8 Å². The molecule has 6 heteroatoms. The van der Waals surface area contributed by atoms with Gasteiger partial charge in [0.05, 0.1) is 6.54 Å². The molecule has 2 amide bonds. The number of carbonyl (C=O) groups is 2. The fourth-order valence-electron chi connectivity index (χ4n) is 4.89. The molecule has 2 aliphatic rings. The van der Waals surface area contributed by atoms with Crippen LogP contribution in [0.15, 0.2) is 0 Å². The highest BCUT2D eigenvalue weighted by atomic mass is 16.2. The van der Waals surface area contributed by atoms with Crippen LogP contribution in [-0.4, -0.2) is 86.4 Å². The maximum absolute atomic E-state index is 12.7. The first-order valence-electron chi connectivity index (χ1n) is 11.0. The molecule has 0 radical (unpaired) electrons. The minimum Gasteiger partial charge on any atom is -0.355 e. The summed E-state index contributed by atoms with van der Waals surface area (Å²) in [7, 11) is 4.12. The van der Waals surface area contributed by atoms with E-state index in [1.54, 1.807) is 0 Å². The zero-order chi connectivity index (χ0) is 20.9. The van der Waals surface area contributed by atoms with E-state index in [1.165, 1.54) is 6.42 Å². The lowest BCUT2D eigenvalue weighted by Gasteiger charge is -2.37. The van der Waals surface area contributed by atoms with Gasteiger partial charge in [-0.05, 0) is 63.7 Å². The van der Waals surface area contributed by atoms with Crippen LogP contribution in [0.5, 0.6) is 0 Å². The molecule has 0 saturated carbocycles. The normalized spacial score (nSPS) is 25.2. The maximum atomic E-state index is 12.7. The summed E-state index contributed by atoms with van der Waals surface area (Å²) >= 11 is 0. The van der Waals surface area contributed by atoms with Gasteiger partial charge >= 0.3 is 0 Å². The van der Waals surface area contributed by atoms with Crippen molar-refractivity contribution in [3.05, 3.63) is 0 Å². The van der Waals surface area contributed by atoms with Gasteiger partial charge in [-0.3, -0.25) is 14.5 Å². The van der Waals surface area contributed by atoms with E-state index < -0.39 is 0 Å². The molecule has 0 aliphatic carbocycles. The van der Waals surface area contributed by atoms with Gasteiger partial charge in [0, 0.05) is 32.1 Å². The van der Waals surface area contributed by atoms with Gasteiger partial charge in [0.25, 0.3) is 0 Å². The van der Waals surface area contributed by atoms with E-state index >= 15 is 0 Å². The van der Waals surface area contributed by atoms with Crippen molar-refractivity contribution < 1.29 is 9.59 Å². The van der Waals surface area contributed by atoms with Crippen molar-refractivity contribution in [2.24, 2.45) is 23.2 Å². The zero-order valence-corrected chi connectivity index (χ0v) is 19.0. The van der Waals surface area contributed by atoms with E-state index in [9.17, 15) is 9.59 Å². The summed E-state index contributed by atoms with van der Waals surface area (Å²) in [6, 6.07) is 0. The van der Waals surface area contributed by atoms with E-state index in [1.807, 2.05) is 4.90 Å². The molecule has 2 rings (SSSR count). The summed E-state index contributed by atoms with van der Waals surface area (Å²) in [6.07, 6.45) is 2.91. The first-order chi connectivity index (χ1) is 13.1. The molecule has 0 aromatic rings. The summed E-state index contributed by atoms with van der Waals surface area (Å²) in [5.74, 6) is 1.71. The Kier molecular flexibility index (Phi) is 8.31.